The van der Waals surface area contributed by atoms with Crippen molar-refractivity contribution in [1.82, 2.24) is 10.2 Å². The lowest BCUT2D eigenvalue weighted by atomic mass is 9.90. The van der Waals surface area contributed by atoms with Gasteiger partial charge in [0.2, 0.25) is 0 Å². The summed E-state index contributed by atoms with van der Waals surface area (Å²) in [6.45, 7) is 8.09. The van der Waals surface area contributed by atoms with E-state index in [0.717, 1.165) is 13.2 Å². The van der Waals surface area contributed by atoms with Crippen molar-refractivity contribution in [1.29, 1.82) is 0 Å². The molecule has 2 aliphatic heterocycles. The van der Waals surface area contributed by atoms with Crippen molar-refractivity contribution in [2.75, 3.05) is 19.7 Å². The monoisotopic (exact) mass is 252 g/mol. The van der Waals surface area contributed by atoms with Crippen molar-refractivity contribution in [3.05, 3.63) is 0 Å². The molecule has 2 heterocycles. The summed E-state index contributed by atoms with van der Waals surface area (Å²) >= 11 is 0. The number of hydrogen-bond donors (Lipinski definition) is 1. The molecule has 3 aliphatic rings. The van der Waals surface area contributed by atoms with Crippen LogP contribution in [0.2, 0.25) is 0 Å². The molecule has 0 amide bonds. The quantitative estimate of drug-likeness (QED) is 0.815. The summed E-state index contributed by atoms with van der Waals surface area (Å²) in [6, 6.07) is 1.23. The second-order valence-corrected chi connectivity index (χ2v) is 6.68. The Morgan fingerprint density at radius 2 is 2.06 bits per heavy atom. The average Bonchev–Trinajstić information content (AvgIpc) is 3.04. The van der Waals surface area contributed by atoms with E-state index < -0.39 is 0 Å². The zero-order valence-electron chi connectivity index (χ0n) is 12.0. The van der Waals surface area contributed by atoms with Crippen LogP contribution >= 0.6 is 0 Å². The van der Waals surface area contributed by atoms with Crippen LogP contribution in [0, 0.1) is 0 Å². The number of rotatable bonds is 2. The third-order valence-electron chi connectivity index (χ3n) is 5.41. The van der Waals surface area contributed by atoms with Gasteiger partial charge in [0.1, 0.15) is 0 Å². The molecule has 18 heavy (non-hydrogen) atoms. The second kappa shape index (κ2) is 5.10. The fourth-order valence-electron chi connectivity index (χ4n) is 4.17. The van der Waals surface area contributed by atoms with Crippen LogP contribution in [0.15, 0.2) is 0 Å². The van der Waals surface area contributed by atoms with Crippen LogP contribution in [-0.2, 0) is 4.74 Å². The highest BCUT2D eigenvalue weighted by molar-refractivity contribution is 5.02. The molecule has 0 aromatic carbocycles. The van der Waals surface area contributed by atoms with Crippen molar-refractivity contribution in [2.45, 2.75) is 76.1 Å². The van der Waals surface area contributed by atoms with E-state index in [4.69, 9.17) is 4.74 Å². The zero-order chi connectivity index (χ0) is 12.6. The van der Waals surface area contributed by atoms with E-state index in [2.05, 4.69) is 24.1 Å². The van der Waals surface area contributed by atoms with Crippen LogP contribution < -0.4 is 5.32 Å². The summed E-state index contributed by atoms with van der Waals surface area (Å²) < 4.78 is 5.91. The summed E-state index contributed by atoms with van der Waals surface area (Å²) in [5.41, 5.74) is 0.430. The van der Waals surface area contributed by atoms with Gasteiger partial charge >= 0.3 is 0 Å². The van der Waals surface area contributed by atoms with Gasteiger partial charge in [-0.1, -0.05) is 12.8 Å². The van der Waals surface area contributed by atoms with Gasteiger partial charge in [0.05, 0.1) is 6.10 Å². The van der Waals surface area contributed by atoms with Crippen LogP contribution in [0.5, 0.6) is 0 Å². The molecule has 1 aliphatic carbocycles. The Hall–Kier alpha value is -0.120. The largest absolute Gasteiger partial charge is 0.377 e. The zero-order valence-corrected chi connectivity index (χ0v) is 12.0. The molecule has 0 radical (unpaired) electrons. The Bertz CT molecular complexity index is 282. The van der Waals surface area contributed by atoms with Crippen LogP contribution in [0.25, 0.3) is 0 Å². The summed E-state index contributed by atoms with van der Waals surface area (Å²) in [5.74, 6) is 0. The maximum absolute atomic E-state index is 5.91. The summed E-state index contributed by atoms with van der Waals surface area (Å²) in [5, 5.41) is 3.84. The molecule has 3 fully saturated rings. The minimum absolute atomic E-state index is 0.430. The molecule has 104 valence electrons. The van der Waals surface area contributed by atoms with E-state index >= 15 is 0 Å². The van der Waals surface area contributed by atoms with Gasteiger partial charge in [-0.3, -0.25) is 4.90 Å². The molecule has 0 aromatic rings. The first kappa shape index (κ1) is 12.9. The van der Waals surface area contributed by atoms with Crippen molar-refractivity contribution < 1.29 is 4.74 Å². The molecular formula is C15H28N2O. The van der Waals surface area contributed by atoms with Gasteiger partial charge in [-0.15, -0.1) is 0 Å². The van der Waals surface area contributed by atoms with E-state index in [9.17, 15) is 0 Å². The van der Waals surface area contributed by atoms with E-state index in [0.29, 0.717) is 23.7 Å². The van der Waals surface area contributed by atoms with E-state index in [1.807, 2.05) is 0 Å². The molecule has 3 atom stereocenters. The lowest BCUT2D eigenvalue weighted by Gasteiger charge is -2.48. The maximum Gasteiger partial charge on any atom is 0.0728 e. The first-order valence-corrected chi connectivity index (χ1v) is 7.83. The minimum Gasteiger partial charge on any atom is -0.377 e. The first-order valence-electron chi connectivity index (χ1n) is 7.83. The lowest BCUT2D eigenvalue weighted by Crippen LogP contribution is -2.65. The van der Waals surface area contributed by atoms with Gasteiger partial charge in [0.15, 0.2) is 0 Å². The highest BCUT2D eigenvalue weighted by Gasteiger charge is 2.42. The molecule has 1 spiro atoms. The fourth-order valence-corrected chi connectivity index (χ4v) is 4.17. The molecule has 1 saturated carbocycles. The van der Waals surface area contributed by atoms with E-state index in [1.54, 1.807) is 0 Å². The minimum atomic E-state index is 0.430. The number of ether oxygens (including phenoxy) is 1. The molecule has 1 N–H and O–H groups in total. The smallest absolute Gasteiger partial charge is 0.0728 e. The van der Waals surface area contributed by atoms with Crippen molar-refractivity contribution in [2.24, 2.45) is 0 Å². The molecule has 3 nitrogen and oxygen atoms in total. The predicted molar refractivity (Wildman–Crippen MR) is 73.8 cm³/mol. The van der Waals surface area contributed by atoms with Crippen molar-refractivity contribution in [3.8, 4) is 0 Å². The highest BCUT2D eigenvalue weighted by Crippen LogP contribution is 2.35. The summed E-state index contributed by atoms with van der Waals surface area (Å²) in [4.78, 5) is 2.72. The van der Waals surface area contributed by atoms with Gasteiger partial charge in [-0.2, -0.15) is 0 Å². The summed E-state index contributed by atoms with van der Waals surface area (Å²) in [7, 11) is 0. The van der Waals surface area contributed by atoms with Crippen LogP contribution in [0.3, 0.4) is 0 Å². The third kappa shape index (κ3) is 2.33. The molecule has 3 rings (SSSR count). The van der Waals surface area contributed by atoms with E-state index in [-0.39, 0.29) is 0 Å². The maximum atomic E-state index is 5.91. The van der Waals surface area contributed by atoms with Gasteiger partial charge in [-0.05, 0) is 39.5 Å². The predicted octanol–water partition coefficient (Wildman–Crippen LogP) is 2.16. The Labute approximate surface area is 111 Å². The van der Waals surface area contributed by atoms with Gasteiger partial charge in [-0.25, -0.2) is 0 Å². The van der Waals surface area contributed by atoms with Crippen molar-refractivity contribution >= 4 is 0 Å². The van der Waals surface area contributed by atoms with Crippen molar-refractivity contribution in [3.63, 3.8) is 0 Å². The third-order valence-corrected chi connectivity index (χ3v) is 5.41. The Morgan fingerprint density at radius 3 is 2.72 bits per heavy atom. The Balaban J connectivity index is 1.68. The topological polar surface area (TPSA) is 24.5 Å². The average molecular weight is 252 g/mol. The highest BCUT2D eigenvalue weighted by atomic mass is 16.5. The van der Waals surface area contributed by atoms with Crippen LogP contribution in [0.4, 0.5) is 0 Å². The number of nitrogens with zero attached hydrogens (tertiary/aromatic N) is 1. The number of hydrogen-bond acceptors (Lipinski definition) is 3. The van der Waals surface area contributed by atoms with Crippen LogP contribution in [0.1, 0.15) is 52.4 Å². The molecule has 0 bridgehead atoms. The van der Waals surface area contributed by atoms with Gasteiger partial charge in [0, 0.05) is 37.3 Å². The molecule has 3 unspecified atom stereocenters. The molecule has 2 saturated heterocycles. The van der Waals surface area contributed by atoms with Gasteiger partial charge < -0.3 is 10.1 Å². The summed E-state index contributed by atoms with van der Waals surface area (Å²) in [6.07, 6.45) is 8.53. The molecule has 3 heteroatoms. The number of piperazine rings is 1. The Kier molecular flexibility index (Phi) is 3.65. The fraction of sp³-hybridized carbons (Fsp3) is 1.00. The normalized spacial score (nSPS) is 38.3. The van der Waals surface area contributed by atoms with Crippen LogP contribution in [-0.4, -0.2) is 48.3 Å². The number of nitrogens with one attached hydrogen (secondary N) is 1. The SMILES string of the molecule is CC1CNC2(CCCC2)CN1C(C)C1CCCO1. The lowest BCUT2D eigenvalue weighted by molar-refractivity contribution is -0.0159. The molecular weight excluding hydrogens is 224 g/mol. The standard InChI is InChI=1S/C15H28N2O/c1-12-10-16-15(7-3-4-8-15)11-17(12)13(2)14-6-5-9-18-14/h12-14,16H,3-11H2,1-2H3. The Morgan fingerprint density at radius 1 is 1.28 bits per heavy atom. The first-order chi connectivity index (χ1) is 8.70. The molecule has 0 aromatic heterocycles. The second-order valence-electron chi connectivity index (χ2n) is 6.68. The van der Waals surface area contributed by atoms with Gasteiger partial charge in [0.25, 0.3) is 0 Å². The van der Waals surface area contributed by atoms with E-state index in [1.165, 1.54) is 45.1 Å².